The molecule has 0 spiro atoms. The lowest BCUT2D eigenvalue weighted by Crippen LogP contribution is -2.52. The monoisotopic (exact) mass is 302 g/mol. The Balaban J connectivity index is 1.78. The van der Waals surface area contributed by atoms with Gasteiger partial charge in [-0.3, -0.25) is 4.79 Å². The van der Waals surface area contributed by atoms with Gasteiger partial charge in [0.2, 0.25) is 5.91 Å². The van der Waals surface area contributed by atoms with Crippen LogP contribution in [-0.4, -0.2) is 31.3 Å². The van der Waals surface area contributed by atoms with E-state index < -0.39 is 5.54 Å². The molecule has 0 aliphatic carbocycles. The Morgan fingerprint density at radius 3 is 2.73 bits per heavy atom. The molecule has 0 saturated carbocycles. The molecule has 1 aliphatic rings. The van der Waals surface area contributed by atoms with Gasteiger partial charge in [-0.15, -0.1) is 0 Å². The van der Waals surface area contributed by atoms with Crippen molar-refractivity contribution in [2.24, 2.45) is 5.92 Å². The lowest BCUT2D eigenvalue weighted by Gasteiger charge is -2.32. The maximum atomic E-state index is 12.3. The first-order valence-electron chi connectivity index (χ1n) is 7.64. The molecule has 0 aromatic heterocycles. The van der Waals surface area contributed by atoms with E-state index in [0.29, 0.717) is 39.1 Å². The fourth-order valence-electron chi connectivity index (χ4n) is 2.35. The van der Waals surface area contributed by atoms with Crippen LogP contribution in [0, 0.1) is 17.2 Å². The van der Waals surface area contributed by atoms with Gasteiger partial charge in [-0.1, -0.05) is 25.1 Å². The topological polar surface area (TPSA) is 71.3 Å². The third kappa shape index (κ3) is 4.47. The predicted molar refractivity (Wildman–Crippen MR) is 82.3 cm³/mol. The molecule has 5 heteroatoms. The van der Waals surface area contributed by atoms with Crippen molar-refractivity contribution in [2.75, 3.05) is 19.8 Å². The van der Waals surface area contributed by atoms with Gasteiger partial charge in [-0.2, -0.15) is 5.26 Å². The van der Waals surface area contributed by atoms with Crippen LogP contribution in [-0.2, 0) is 9.53 Å². The van der Waals surface area contributed by atoms with Crippen LogP contribution >= 0.6 is 0 Å². The van der Waals surface area contributed by atoms with E-state index in [9.17, 15) is 10.1 Å². The van der Waals surface area contributed by atoms with E-state index in [1.807, 2.05) is 37.3 Å². The molecule has 1 amide bonds. The SMILES string of the molecule is CC(CCOc1ccccc1)C(=O)NC1(C#N)CCOCC1. The van der Waals surface area contributed by atoms with Gasteiger partial charge in [-0.25, -0.2) is 0 Å². The summed E-state index contributed by atoms with van der Waals surface area (Å²) in [5, 5.41) is 12.2. The molecule has 1 aliphatic heterocycles. The van der Waals surface area contributed by atoms with E-state index >= 15 is 0 Å². The Kier molecular flexibility index (Phi) is 5.79. The largest absolute Gasteiger partial charge is 0.494 e. The molecule has 1 aromatic rings. The van der Waals surface area contributed by atoms with E-state index in [1.165, 1.54) is 0 Å². The van der Waals surface area contributed by atoms with Crippen molar-refractivity contribution in [3.05, 3.63) is 30.3 Å². The second kappa shape index (κ2) is 7.81. The number of ether oxygens (including phenoxy) is 2. The minimum absolute atomic E-state index is 0.0971. The number of hydrogen-bond acceptors (Lipinski definition) is 4. The number of hydrogen-bond donors (Lipinski definition) is 1. The van der Waals surface area contributed by atoms with Crippen molar-refractivity contribution in [3.63, 3.8) is 0 Å². The van der Waals surface area contributed by atoms with Gasteiger partial charge in [0.15, 0.2) is 0 Å². The summed E-state index contributed by atoms with van der Waals surface area (Å²) in [6.45, 7) is 3.36. The number of benzene rings is 1. The van der Waals surface area contributed by atoms with Crippen molar-refractivity contribution >= 4 is 5.91 Å². The summed E-state index contributed by atoms with van der Waals surface area (Å²) >= 11 is 0. The molecular formula is C17H22N2O3. The summed E-state index contributed by atoms with van der Waals surface area (Å²) in [6, 6.07) is 11.8. The average Bonchev–Trinajstić information content (AvgIpc) is 2.56. The first-order chi connectivity index (χ1) is 10.7. The number of carbonyl (C=O) groups is 1. The fourth-order valence-corrected chi connectivity index (χ4v) is 2.35. The molecule has 0 radical (unpaired) electrons. The van der Waals surface area contributed by atoms with Gasteiger partial charge in [-0.05, 0) is 18.6 Å². The Labute approximate surface area is 131 Å². The molecule has 1 heterocycles. The summed E-state index contributed by atoms with van der Waals surface area (Å²) < 4.78 is 10.9. The highest BCUT2D eigenvalue weighted by Gasteiger charge is 2.35. The highest BCUT2D eigenvalue weighted by Crippen LogP contribution is 2.21. The number of nitrogens with zero attached hydrogens (tertiary/aromatic N) is 1. The van der Waals surface area contributed by atoms with Crippen molar-refractivity contribution in [1.29, 1.82) is 5.26 Å². The molecule has 2 rings (SSSR count). The molecular weight excluding hydrogens is 280 g/mol. The number of amides is 1. The Bertz CT molecular complexity index is 518. The van der Waals surface area contributed by atoms with Crippen LogP contribution in [0.4, 0.5) is 0 Å². The van der Waals surface area contributed by atoms with E-state index in [1.54, 1.807) is 0 Å². The molecule has 1 saturated heterocycles. The van der Waals surface area contributed by atoms with Crippen LogP contribution < -0.4 is 10.1 Å². The number of carbonyl (C=O) groups excluding carboxylic acids is 1. The Morgan fingerprint density at radius 1 is 1.41 bits per heavy atom. The number of rotatable bonds is 6. The quantitative estimate of drug-likeness (QED) is 0.875. The Hall–Kier alpha value is -2.06. The third-order valence-electron chi connectivity index (χ3n) is 3.93. The number of nitriles is 1. The highest BCUT2D eigenvalue weighted by molar-refractivity contribution is 5.79. The van der Waals surface area contributed by atoms with Gasteiger partial charge >= 0.3 is 0 Å². The summed E-state index contributed by atoms with van der Waals surface area (Å²) in [5.74, 6) is 0.505. The normalized spacial score (nSPS) is 18.0. The molecule has 5 nitrogen and oxygen atoms in total. The standard InChI is InChI=1S/C17H22N2O3/c1-14(7-10-22-15-5-3-2-4-6-15)16(20)19-17(13-18)8-11-21-12-9-17/h2-6,14H,7-12H2,1H3,(H,19,20). The summed E-state index contributed by atoms with van der Waals surface area (Å²) in [7, 11) is 0. The molecule has 22 heavy (non-hydrogen) atoms. The van der Waals surface area contributed by atoms with Crippen molar-refractivity contribution in [2.45, 2.75) is 31.7 Å². The van der Waals surface area contributed by atoms with Crippen LogP contribution in [0.3, 0.4) is 0 Å². The summed E-state index contributed by atoms with van der Waals surface area (Å²) in [4.78, 5) is 12.3. The lowest BCUT2D eigenvalue weighted by atomic mass is 9.90. The maximum Gasteiger partial charge on any atom is 0.224 e. The molecule has 0 bridgehead atoms. The predicted octanol–water partition coefficient (Wildman–Crippen LogP) is 2.28. The van der Waals surface area contributed by atoms with Crippen LogP contribution in [0.5, 0.6) is 5.75 Å². The second-order valence-corrected chi connectivity index (χ2v) is 5.65. The van der Waals surface area contributed by atoms with Gasteiger partial charge in [0, 0.05) is 32.0 Å². The third-order valence-corrected chi connectivity index (χ3v) is 3.93. The van der Waals surface area contributed by atoms with Crippen LogP contribution in [0.1, 0.15) is 26.2 Å². The zero-order valence-corrected chi connectivity index (χ0v) is 12.9. The van der Waals surface area contributed by atoms with E-state index in [4.69, 9.17) is 9.47 Å². The van der Waals surface area contributed by atoms with Gasteiger partial charge < -0.3 is 14.8 Å². The van der Waals surface area contributed by atoms with Crippen LogP contribution in [0.15, 0.2) is 30.3 Å². The minimum atomic E-state index is -0.774. The molecule has 1 aromatic carbocycles. The van der Waals surface area contributed by atoms with Gasteiger partial charge in [0.25, 0.3) is 0 Å². The van der Waals surface area contributed by atoms with Crippen LogP contribution in [0.25, 0.3) is 0 Å². The zero-order valence-electron chi connectivity index (χ0n) is 12.9. The molecule has 1 fully saturated rings. The van der Waals surface area contributed by atoms with Crippen molar-refractivity contribution in [3.8, 4) is 11.8 Å². The first kappa shape index (κ1) is 16.3. The average molecular weight is 302 g/mol. The number of para-hydroxylation sites is 1. The van der Waals surface area contributed by atoms with E-state index in [2.05, 4.69) is 11.4 Å². The van der Waals surface area contributed by atoms with E-state index in [-0.39, 0.29) is 11.8 Å². The molecule has 1 atom stereocenters. The molecule has 1 unspecified atom stereocenters. The smallest absolute Gasteiger partial charge is 0.224 e. The van der Waals surface area contributed by atoms with Crippen LogP contribution in [0.2, 0.25) is 0 Å². The number of nitrogens with one attached hydrogen (secondary N) is 1. The first-order valence-corrected chi connectivity index (χ1v) is 7.64. The second-order valence-electron chi connectivity index (χ2n) is 5.65. The summed E-state index contributed by atoms with van der Waals surface area (Å²) in [6.07, 6.45) is 1.70. The molecule has 118 valence electrons. The van der Waals surface area contributed by atoms with Crippen molar-refractivity contribution in [1.82, 2.24) is 5.32 Å². The van der Waals surface area contributed by atoms with Gasteiger partial charge in [0.1, 0.15) is 11.3 Å². The van der Waals surface area contributed by atoms with E-state index in [0.717, 1.165) is 5.75 Å². The minimum Gasteiger partial charge on any atom is -0.494 e. The van der Waals surface area contributed by atoms with Gasteiger partial charge in [0.05, 0.1) is 12.7 Å². The Morgan fingerprint density at radius 2 is 2.09 bits per heavy atom. The fraction of sp³-hybridized carbons (Fsp3) is 0.529. The van der Waals surface area contributed by atoms with Crippen molar-refractivity contribution < 1.29 is 14.3 Å². The zero-order chi connectivity index (χ0) is 15.8. The highest BCUT2D eigenvalue weighted by atomic mass is 16.5. The summed E-state index contributed by atoms with van der Waals surface area (Å²) in [5.41, 5.74) is -0.774. The molecule has 1 N–H and O–H groups in total. The lowest BCUT2D eigenvalue weighted by molar-refractivity contribution is -0.127. The maximum absolute atomic E-state index is 12.3.